The number of nitrogens with zero attached hydrogens (tertiary/aromatic N) is 2. The second-order valence-corrected chi connectivity index (χ2v) is 10.1. The average Bonchev–Trinajstić information content (AvgIpc) is 3.13. The fourth-order valence-corrected chi connectivity index (χ4v) is 5.60. The number of amides is 1. The number of carbonyl (C=O) groups is 1. The highest BCUT2D eigenvalue weighted by molar-refractivity contribution is 5.83. The van der Waals surface area contributed by atoms with Gasteiger partial charge in [-0.2, -0.15) is 0 Å². The number of carbonyl (C=O) groups excluding carboxylic acids is 1. The molecule has 1 N–H and O–H groups in total. The van der Waals surface area contributed by atoms with Crippen molar-refractivity contribution in [2.24, 2.45) is 11.3 Å². The molecule has 1 atom stereocenters. The standard InChI is InChI=1S/C24H37N3O/c1-24(2,3)19-10-8-18(9-11-19)20-6-4-5-7-21(20)26-14-16-27(17-15-26)22-12-13-25-23(22)28/h4-7,18-19,22H,8-17H2,1-3H3,(H,25,28). The van der Waals surface area contributed by atoms with Crippen LogP contribution in [0.2, 0.25) is 0 Å². The molecule has 1 amide bonds. The van der Waals surface area contributed by atoms with Crippen LogP contribution in [0.15, 0.2) is 24.3 Å². The van der Waals surface area contributed by atoms with Gasteiger partial charge in [0.15, 0.2) is 0 Å². The molecule has 4 rings (SSSR count). The van der Waals surface area contributed by atoms with Gasteiger partial charge in [-0.05, 0) is 61.0 Å². The summed E-state index contributed by atoms with van der Waals surface area (Å²) in [6.45, 7) is 12.1. The first-order chi connectivity index (χ1) is 13.4. The summed E-state index contributed by atoms with van der Waals surface area (Å²) in [6, 6.07) is 9.20. The third-order valence-corrected chi connectivity index (χ3v) is 7.44. The first kappa shape index (κ1) is 19.8. The van der Waals surface area contributed by atoms with Crippen molar-refractivity contribution in [3.8, 4) is 0 Å². The van der Waals surface area contributed by atoms with Gasteiger partial charge >= 0.3 is 0 Å². The second-order valence-electron chi connectivity index (χ2n) is 10.1. The van der Waals surface area contributed by atoms with Crippen molar-refractivity contribution >= 4 is 11.6 Å². The summed E-state index contributed by atoms with van der Waals surface area (Å²) in [5, 5.41) is 2.98. The third-order valence-electron chi connectivity index (χ3n) is 7.44. The smallest absolute Gasteiger partial charge is 0.237 e. The van der Waals surface area contributed by atoms with Gasteiger partial charge in [-0.25, -0.2) is 0 Å². The van der Waals surface area contributed by atoms with Gasteiger partial charge in [0.2, 0.25) is 5.91 Å². The Labute approximate surface area is 170 Å². The van der Waals surface area contributed by atoms with E-state index in [1.807, 2.05) is 0 Å². The Morgan fingerprint density at radius 3 is 2.21 bits per heavy atom. The third kappa shape index (κ3) is 4.07. The predicted molar refractivity (Wildman–Crippen MR) is 116 cm³/mol. The van der Waals surface area contributed by atoms with E-state index in [0.717, 1.165) is 45.1 Å². The number of rotatable bonds is 3. The molecule has 1 aromatic rings. The lowest BCUT2D eigenvalue weighted by molar-refractivity contribution is -0.123. The Hall–Kier alpha value is -1.55. The van der Waals surface area contributed by atoms with Gasteiger partial charge in [0.25, 0.3) is 0 Å². The van der Waals surface area contributed by atoms with Crippen molar-refractivity contribution in [1.29, 1.82) is 0 Å². The maximum Gasteiger partial charge on any atom is 0.237 e. The highest BCUT2D eigenvalue weighted by Crippen LogP contribution is 2.45. The van der Waals surface area contributed by atoms with Crippen LogP contribution in [0.5, 0.6) is 0 Å². The molecule has 2 aliphatic heterocycles. The molecule has 0 spiro atoms. The molecule has 0 bridgehead atoms. The maximum absolute atomic E-state index is 12.0. The molecule has 1 unspecified atom stereocenters. The van der Waals surface area contributed by atoms with Crippen molar-refractivity contribution < 1.29 is 4.79 Å². The Bertz CT molecular complexity index is 679. The second kappa shape index (κ2) is 8.06. The number of nitrogens with one attached hydrogen (secondary N) is 1. The fourth-order valence-electron chi connectivity index (χ4n) is 5.60. The van der Waals surface area contributed by atoms with Crippen LogP contribution < -0.4 is 10.2 Å². The summed E-state index contributed by atoms with van der Waals surface area (Å²) >= 11 is 0. The minimum atomic E-state index is 0.102. The molecular formula is C24H37N3O. The van der Waals surface area contributed by atoms with Crippen LogP contribution in [0, 0.1) is 11.3 Å². The van der Waals surface area contributed by atoms with E-state index in [4.69, 9.17) is 0 Å². The zero-order chi connectivity index (χ0) is 19.7. The minimum Gasteiger partial charge on any atom is -0.369 e. The number of hydrogen-bond donors (Lipinski definition) is 1. The molecule has 4 nitrogen and oxygen atoms in total. The van der Waals surface area contributed by atoms with Crippen molar-refractivity contribution in [3.05, 3.63) is 29.8 Å². The van der Waals surface area contributed by atoms with Gasteiger partial charge < -0.3 is 10.2 Å². The largest absolute Gasteiger partial charge is 0.369 e. The van der Waals surface area contributed by atoms with E-state index in [-0.39, 0.29) is 11.9 Å². The summed E-state index contributed by atoms with van der Waals surface area (Å²) < 4.78 is 0. The van der Waals surface area contributed by atoms with E-state index in [9.17, 15) is 4.79 Å². The quantitative estimate of drug-likeness (QED) is 0.856. The molecule has 2 heterocycles. The van der Waals surface area contributed by atoms with Gasteiger partial charge in [0.1, 0.15) is 0 Å². The monoisotopic (exact) mass is 383 g/mol. The van der Waals surface area contributed by atoms with E-state index in [1.165, 1.54) is 31.4 Å². The molecule has 0 aromatic heterocycles. The van der Waals surface area contributed by atoms with Gasteiger partial charge in [0.05, 0.1) is 6.04 Å². The predicted octanol–water partition coefficient (Wildman–Crippen LogP) is 4.02. The van der Waals surface area contributed by atoms with Crippen LogP contribution in [-0.4, -0.2) is 49.6 Å². The molecular weight excluding hydrogens is 346 g/mol. The summed E-state index contributed by atoms with van der Waals surface area (Å²) in [6.07, 6.45) is 6.31. The summed E-state index contributed by atoms with van der Waals surface area (Å²) in [7, 11) is 0. The molecule has 3 fully saturated rings. The van der Waals surface area contributed by atoms with Crippen LogP contribution >= 0.6 is 0 Å². The van der Waals surface area contributed by atoms with Crippen LogP contribution in [0.4, 0.5) is 5.69 Å². The molecule has 154 valence electrons. The molecule has 1 aliphatic carbocycles. The van der Waals surface area contributed by atoms with Crippen molar-refractivity contribution in [2.75, 3.05) is 37.6 Å². The average molecular weight is 384 g/mol. The van der Waals surface area contributed by atoms with Gasteiger partial charge in [-0.1, -0.05) is 39.0 Å². The van der Waals surface area contributed by atoms with Crippen LogP contribution in [0.25, 0.3) is 0 Å². The van der Waals surface area contributed by atoms with Crippen molar-refractivity contribution in [1.82, 2.24) is 10.2 Å². The van der Waals surface area contributed by atoms with E-state index in [1.54, 1.807) is 5.56 Å². The molecule has 0 radical (unpaired) electrons. The van der Waals surface area contributed by atoms with Gasteiger partial charge in [0, 0.05) is 38.4 Å². The highest BCUT2D eigenvalue weighted by Gasteiger charge is 2.34. The number of para-hydroxylation sites is 1. The lowest BCUT2D eigenvalue weighted by Gasteiger charge is -2.41. The van der Waals surface area contributed by atoms with E-state index in [2.05, 4.69) is 60.2 Å². The lowest BCUT2D eigenvalue weighted by atomic mass is 9.68. The van der Waals surface area contributed by atoms with Crippen molar-refractivity contribution in [2.45, 2.75) is 64.8 Å². The summed E-state index contributed by atoms with van der Waals surface area (Å²) in [4.78, 5) is 17.0. The zero-order valence-corrected chi connectivity index (χ0v) is 17.9. The Kier molecular flexibility index (Phi) is 5.69. The van der Waals surface area contributed by atoms with Crippen LogP contribution in [0.1, 0.15) is 64.4 Å². The maximum atomic E-state index is 12.0. The summed E-state index contributed by atoms with van der Waals surface area (Å²) in [5.74, 6) is 1.79. The topological polar surface area (TPSA) is 35.6 Å². The number of benzene rings is 1. The zero-order valence-electron chi connectivity index (χ0n) is 17.9. The first-order valence-electron chi connectivity index (χ1n) is 11.3. The first-order valence-corrected chi connectivity index (χ1v) is 11.3. The number of piperazine rings is 1. The fraction of sp³-hybridized carbons (Fsp3) is 0.708. The molecule has 1 aromatic carbocycles. The van der Waals surface area contributed by atoms with Gasteiger partial charge in [-0.3, -0.25) is 9.69 Å². The highest BCUT2D eigenvalue weighted by atomic mass is 16.2. The van der Waals surface area contributed by atoms with E-state index >= 15 is 0 Å². The molecule has 3 aliphatic rings. The van der Waals surface area contributed by atoms with Crippen LogP contribution in [0.3, 0.4) is 0 Å². The Morgan fingerprint density at radius 1 is 0.929 bits per heavy atom. The SMILES string of the molecule is CC(C)(C)C1CCC(c2ccccc2N2CCN(C3CCNC3=O)CC2)CC1. The van der Waals surface area contributed by atoms with Crippen LogP contribution in [-0.2, 0) is 4.79 Å². The minimum absolute atomic E-state index is 0.102. The van der Waals surface area contributed by atoms with Crippen molar-refractivity contribution in [3.63, 3.8) is 0 Å². The Balaban J connectivity index is 1.41. The van der Waals surface area contributed by atoms with E-state index in [0.29, 0.717) is 11.3 Å². The number of anilines is 1. The molecule has 1 saturated carbocycles. The molecule has 28 heavy (non-hydrogen) atoms. The Morgan fingerprint density at radius 2 is 1.61 bits per heavy atom. The molecule has 2 saturated heterocycles. The normalized spacial score (nSPS) is 29.8. The number of hydrogen-bond acceptors (Lipinski definition) is 3. The van der Waals surface area contributed by atoms with E-state index < -0.39 is 0 Å². The molecule has 4 heteroatoms. The van der Waals surface area contributed by atoms with Gasteiger partial charge in [-0.15, -0.1) is 0 Å². The lowest BCUT2D eigenvalue weighted by Crippen LogP contribution is -2.52. The summed E-state index contributed by atoms with van der Waals surface area (Å²) in [5.41, 5.74) is 3.44.